The van der Waals surface area contributed by atoms with E-state index in [4.69, 9.17) is 10.5 Å². The Morgan fingerprint density at radius 2 is 2.05 bits per heavy atom. The molecule has 2 aliphatic rings. The van der Waals surface area contributed by atoms with Gasteiger partial charge in [0.05, 0.1) is 6.10 Å². The molecular weight excluding hydrogens is 284 g/mol. The summed E-state index contributed by atoms with van der Waals surface area (Å²) < 4.78 is 5.73. The number of hydrogen-bond acceptors (Lipinski definition) is 4. The predicted molar refractivity (Wildman–Crippen MR) is 85.4 cm³/mol. The maximum atomic E-state index is 12.7. The zero-order valence-electron chi connectivity index (χ0n) is 12.7. The molecule has 3 rings (SSSR count). The quantitative estimate of drug-likeness (QED) is 0.842. The Kier molecular flexibility index (Phi) is 3.55. The number of ether oxygens (including phenoxy) is 1. The molecule has 0 aromatic heterocycles. The molecule has 1 heterocycles. The molecule has 1 saturated carbocycles. The van der Waals surface area contributed by atoms with Gasteiger partial charge < -0.3 is 15.8 Å². The summed E-state index contributed by atoms with van der Waals surface area (Å²) in [6.07, 6.45) is 3.00. The molecule has 2 fully saturated rings. The number of hydrogen-bond donors (Lipinski definition) is 2. The van der Waals surface area contributed by atoms with E-state index in [9.17, 15) is 4.79 Å². The Morgan fingerprint density at radius 3 is 2.67 bits per heavy atom. The lowest BCUT2D eigenvalue weighted by molar-refractivity contribution is -0.170. The van der Waals surface area contributed by atoms with Gasteiger partial charge >= 0.3 is 0 Å². The van der Waals surface area contributed by atoms with Crippen LogP contribution in [0.5, 0.6) is 0 Å². The molecule has 1 aliphatic carbocycles. The molecule has 1 aromatic rings. The van der Waals surface area contributed by atoms with Crippen LogP contribution in [0, 0.1) is 11.3 Å². The third-order valence-electron chi connectivity index (χ3n) is 5.18. The Balaban J connectivity index is 1.78. The monoisotopic (exact) mass is 306 g/mol. The molecule has 1 aliphatic heterocycles. The molecule has 21 heavy (non-hydrogen) atoms. The number of amides is 1. The number of anilines is 1. The summed E-state index contributed by atoms with van der Waals surface area (Å²) in [6.45, 7) is 4.75. The van der Waals surface area contributed by atoms with Crippen LogP contribution in [-0.2, 0) is 9.53 Å². The molecule has 3 unspecified atom stereocenters. The van der Waals surface area contributed by atoms with Crippen molar-refractivity contribution >= 4 is 23.4 Å². The van der Waals surface area contributed by atoms with Gasteiger partial charge in [-0.1, -0.05) is 13.8 Å². The Labute approximate surface area is 129 Å². The zero-order chi connectivity index (χ0) is 15.3. The summed E-state index contributed by atoms with van der Waals surface area (Å²) in [7, 11) is 0. The maximum Gasteiger partial charge on any atom is 0.245 e. The first-order valence-electron chi connectivity index (χ1n) is 7.27. The molecule has 1 saturated heterocycles. The van der Waals surface area contributed by atoms with Crippen LogP contribution in [-0.4, -0.2) is 30.4 Å². The van der Waals surface area contributed by atoms with Crippen LogP contribution >= 0.6 is 11.8 Å². The van der Waals surface area contributed by atoms with Gasteiger partial charge in [0, 0.05) is 28.5 Å². The topological polar surface area (TPSA) is 64.4 Å². The average molecular weight is 306 g/mol. The third kappa shape index (κ3) is 2.02. The largest absolute Gasteiger partial charge is 0.377 e. The van der Waals surface area contributed by atoms with E-state index in [1.54, 1.807) is 11.8 Å². The number of thioether (sulfide) groups is 1. The first-order valence-corrected chi connectivity index (χ1v) is 8.49. The number of benzene rings is 1. The number of rotatable bonds is 3. The van der Waals surface area contributed by atoms with Gasteiger partial charge in [0.25, 0.3) is 0 Å². The average Bonchev–Trinajstić information content (AvgIpc) is 2.95. The molecule has 5 heteroatoms. The van der Waals surface area contributed by atoms with Crippen molar-refractivity contribution in [3.63, 3.8) is 0 Å². The fourth-order valence-electron chi connectivity index (χ4n) is 3.75. The normalized spacial score (nSPS) is 33.1. The number of carbonyl (C=O) groups is 1. The second-order valence-electron chi connectivity index (χ2n) is 6.46. The summed E-state index contributed by atoms with van der Waals surface area (Å²) >= 11 is 1.68. The first kappa shape index (κ1) is 14.9. The third-order valence-corrected chi connectivity index (χ3v) is 5.92. The highest BCUT2D eigenvalue weighted by molar-refractivity contribution is 7.98. The summed E-state index contributed by atoms with van der Waals surface area (Å²) in [5, 5.41) is 2.98. The highest BCUT2D eigenvalue weighted by Gasteiger charge is 2.71. The van der Waals surface area contributed by atoms with Crippen LogP contribution in [0.15, 0.2) is 29.2 Å². The van der Waals surface area contributed by atoms with Crippen molar-refractivity contribution in [2.45, 2.75) is 36.8 Å². The van der Waals surface area contributed by atoms with E-state index in [1.165, 1.54) is 4.90 Å². The van der Waals surface area contributed by atoms with Crippen molar-refractivity contribution in [3.05, 3.63) is 24.3 Å². The van der Waals surface area contributed by atoms with Crippen LogP contribution in [0.2, 0.25) is 0 Å². The van der Waals surface area contributed by atoms with Crippen molar-refractivity contribution in [3.8, 4) is 0 Å². The van der Waals surface area contributed by atoms with E-state index in [-0.39, 0.29) is 23.3 Å². The fourth-order valence-corrected chi connectivity index (χ4v) is 4.16. The van der Waals surface area contributed by atoms with E-state index in [2.05, 4.69) is 5.32 Å². The molecule has 0 spiro atoms. The van der Waals surface area contributed by atoms with Gasteiger partial charge in [-0.2, -0.15) is 0 Å². The Morgan fingerprint density at radius 1 is 1.38 bits per heavy atom. The highest BCUT2D eigenvalue weighted by Crippen LogP contribution is 2.58. The molecule has 0 radical (unpaired) electrons. The smallest absolute Gasteiger partial charge is 0.245 e. The van der Waals surface area contributed by atoms with E-state index in [0.717, 1.165) is 12.1 Å². The second kappa shape index (κ2) is 5.00. The van der Waals surface area contributed by atoms with E-state index in [1.807, 2.05) is 44.4 Å². The lowest BCUT2D eigenvalue weighted by Gasteiger charge is -2.60. The van der Waals surface area contributed by atoms with Crippen molar-refractivity contribution < 1.29 is 9.53 Å². The van der Waals surface area contributed by atoms with Gasteiger partial charge in [0.2, 0.25) is 5.91 Å². The zero-order valence-corrected chi connectivity index (χ0v) is 13.5. The van der Waals surface area contributed by atoms with Crippen molar-refractivity contribution in [1.29, 1.82) is 0 Å². The molecule has 3 atom stereocenters. The van der Waals surface area contributed by atoms with Crippen molar-refractivity contribution in [1.82, 2.24) is 0 Å². The van der Waals surface area contributed by atoms with Gasteiger partial charge in [0.1, 0.15) is 5.54 Å². The van der Waals surface area contributed by atoms with Crippen LogP contribution in [0.25, 0.3) is 0 Å². The Bertz CT molecular complexity index is 558. The first-order chi connectivity index (χ1) is 9.91. The van der Waals surface area contributed by atoms with Gasteiger partial charge in [0.15, 0.2) is 0 Å². The van der Waals surface area contributed by atoms with Crippen LogP contribution in [0.4, 0.5) is 5.69 Å². The summed E-state index contributed by atoms with van der Waals surface area (Å²) in [5.74, 6) is 0.0223. The fraction of sp³-hybridized carbons (Fsp3) is 0.562. The molecular formula is C16H22N2O2S. The van der Waals surface area contributed by atoms with Crippen molar-refractivity contribution in [2.75, 3.05) is 18.2 Å². The number of fused-ring (bicyclic) bond motifs is 1. The molecule has 0 bridgehead atoms. The minimum absolute atomic E-state index is 0.101. The number of carbonyl (C=O) groups excluding carboxylic acids is 1. The predicted octanol–water partition coefficient (Wildman–Crippen LogP) is 2.49. The maximum absolute atomic E-state index is 12.7. The van der Waals surface area contributed by atoms with Gasteiger partial charge in [-0.3, -0.25) is 4.79 Å². The lowest BCUT2D eigenvalue weighted by Crippen LogP contribution is -2.79. The van der Waals surface area contributed by atoms with Gasteiger partial charge in [-0.15, -0.1) is 11.8 Å². The molecule has 3 N–H and O–H groups in total. The van der Waals surface area contributed by atoms with Crippen molar-refractivity contribution in [2.24, 2.45) is 17.1 Å². The minimum atomic E-state index is -0.855. The van der Waals surface area contributed by atoms with E-state index < -0.39 is 5.54 Å². The van der Waals surface area contributed by atoms with E-state index in [0.29, 0.717) is 6.61 Å². The lowest BCUT2D eigenvalue weighted by atomic mass is 9.48. The minimum Gasteiger partial charge on any atom is -0.377 e. The summed E-state index contributed by atoms with van der Waals surface area (Å²) in [4.78, 5) is 13.9. The standard InChI is InChI=1S/C16H22N2O2S/c1-15(2)13-12(8-9-20-13)16(15,17)14(19)18-10-4-6-11(21-3)7-5-10/h4-7,12-13H,8-9,17H2,1-3H3,(H,18,19). The molecule has 1 amide bonds. The SMILES string of the molecule is CSc1ccc(NC(=O)C2(N)C3CCOC3C2(C)C)cc1. The van der Waals surface area contributed by atoms with Crippen LogP contribution in [0.3, 0.4) is 0 Å². The van der Waals surface area contributed by atoms with E-state index >= 15 is 0 Å². The highest BCUT2D eigenvalue weighted by atomic mass is 32.2. The summed E-state index contributed by atoms with van der Waals surface area (Å²) in [6, 6.07) is 7.83. The summed E-state index contributed by atoms with van der Waals surface area (Å²) in [5.41, 5.74) is 6.12. The number of nitrogens with two attached hydrogens (primary N) is 1. The van der Waals surface area contributed by atoms with Gasteiger partial charge in [-0.25, -0.2) is 0 Å². The Hall–Kier alpha value is -1.04. The molecule has 1 aromatic carbocycles. The van der Waals surface area contributed by atoms with Crippen LogP contribution < -0.4 is 11.1 Å². The number of nitrogens with one attached hydrogen (secondary N) is 1. The van der Waals surface area contributed by atoms with Gasteiger partial charge in [-0.05, 0) is 36.9 Å². The van der Waals surface area contributed by atoms with Crippen LogP contribution in [0.1, 0.15) is 20.3 Å². The molecule has 114 valence electrons. The molecule has 4 nitrogen and oxygen atoms in total. The second-order valence-corrected chi connectivity index (χ2v) is 7.34.